The van der Waals surface area contributed by atoms with Gasteiger partial charge in [-0.1, -0.05) is 63.5 Å². The first-order chi connectivity index (χ1) is 7.23. The molecule has 1 aliphatic rings. The fraction of sp³-hybridized carbons (Fsp3) is 0.571. The quantitative estimate of drug-likeness (QED) is 0.670. The molecule has 0 saturated carbocycles. The Morgan fingerprint density at radius 3 is 1.25 bits per heavy atom. The monoisotopic (exact) mass is 248 g/mol. The van der Waals surface area contributed by atoms with Crippen LogP contribution >= 0.6 is 0 Å². The summed E-state index contributed by atoms with van der Waals surface area (Å²) < 4.78 is 0. The van der Waals surface area contributed by atoms with Crippen LogP contribution in [0.3, 0.4) is 0 Å². The highest BCUT2D eigenvalue weighted by Crippen LogP contribution is 2.55. The van der Waals surface area contributed by atoms with Crippen LogP contribution in [-0.4, -0.2) is 16.1 Å². The van der Waals surface area contributed by atoms with Gasteiger partial charge in [0.2, 0.25) is 0 Å². The Hall–Kier alpha value is -0.346. The molecular formula is C14H24Si2. The number of hydrogen-bond acceptors (Lipinski definition) is 0. The van der Waals surface area contributed by atoms with Crippen LogP contribution in [-0.2, 0) is 0 Å². The molecule has 2 unspecified atom stereocenters. The first-order valence-electron chi connectivity index (χ1n) is 6.32. The molecule has 0 aromatic heterocycles. The minimum Gasteiger partial charge on any atom is -0.0691 e. The number of fused-ring (bicyclic) bond motifs is 1. The zero-order chi connectivity index (χ0) is 12.1. The van der Waals surface area contributed by atoms with Crippen molar-refractivity contribution in [1.82, 2.24) is 0 Å². The van der Waals surface area contributed by atoms with Crippen LogP contribution in [0.4, 0.5) is 0 Å². The zero-order valence-electron chi connectivity index (χ0n) is 11.5. The summed E-state index contributed by atoms with van der Waals surface area (Å²) >= 11 is 0. The smallest absolute Gasteiger partial charge is 0.0525 e. The third kappa shape index (κ3) is 1.82. The summed E-state index contributed by atoms with van der Waals surface area (Å²) in [6, 6.07) is 9.17. The molecule has 1 aromatic carbocycles. The van der Waals surface area contributed by atoms with Crippen LogP contribution in [0.25, 0.3) is 0 Å². The summed E-state index contributed by atoms with van der Waals surface area (Å²) in [5, 5.41) is 0. The minimum atomic E-state index is -1.06. The highest BCUT2D eigenvalue weighted by Gasteiger charge is 2.50. The van der Waals surface area contributed by atoms with E-state index in [9.17, 15) is 0 Å². The summed E-state index contributed by atoms with van der Waals surface area (Å²) in [6.45, 7) is 15.2. The van der Waals surface area contributed by atoms with Gasteiger partial charge >= 0.3 is 0 Å². The van der Waals surface area contributed by atoms with E-state index in [0.717, 1.165) is 11.1 Å². The lowest BCUT2D eigenvalue weighted by Gasteiger charge is -2.51. The van der Waals surface area contributed by atoms with Crippen molar-refractivity contribution in [3.05, 3.63) is 35.4 Å². The van der Waals surface area contributed by atoms with Crippen LogP contribution in [0.5, 0.6) is 0 Å². The van der Waals surface area contributed by atoms with Gasteiger partial charge < -0.3 is 0 Å². The molecule has 0 fully saturated rings. The van der Waals surface area contributed by atoms with Gasteiger partial charge in [-0.25, -0.2) is 0 Å². The van der Waals surface area contributed by atoms with E-state index in [4.69, 9.17) is 0 Å². The number of benzene rings is 1. The van der Waals surface area contributed by atoms with Crippen molar-refractivity contribution in [1.29, 1.82) is 0 Å². The predicted octanol–water partition coefficient (Wildman–Crippen LogP) is 4.62. The highest BCUT2D eigenvalue weighted by atomic mass is 28.3. The average Bonchev–Trinajstić information content (AvgIpc) is 2.01. The molecule has 0 spiro atoms. The van der Waals surface area contributed by atoms with E-state index >= 15 is 0 Å². The van der Waals surface area contributed by atoms with Gasteiger partial charge in [-0.05, 0) is 22.2 Å². The number of hydrogen-bond donors (Lipinski definition) is 0. The molecule has 0 aliphatic heterocycles. The molecule has 0 saturated heterocycles. The van der Waals surface area contributed by atoms with E-state index in [1.165, 1.54) is 0 Å². The normalized spacial score (nSPS) is 24.9. The SMILES string of the molecule is C[Si](C)(C)C1c2ccccc2C1[Si](C)(C)C. The van der Waals surface area contributed by atoms with E-state index in [-0.39, 0.29) is 0 Å². The van der Waals surface area contributed by atoms with Gasteiger partial charge in [0.15, 0.2) is 0 Å². The van der Waals surface area contributed by atoms with E-state index in [0.29, 0.717) is 0 Å². The van der Waals surface area contributed by atoms with Crippen molar-refractivity contribution in [2.24, 2.45) is 0 Å². The van der Waals surface area contributed by atoms with E-state index in [1.54, 1.807) is 11.1 Å². The zero-order valence-corrected chi connectivity index (χ0v) is 13.5. The Balaban J connectivity index is 2.47. The van der Waals surface area contributed by atoms with Crippen molar-refractivity contribution in [2.75, 3.05) is 0 Å². The molecule has 88 valence electrons. The summed E-state index contributed by atoms with van der Waals surface area (Å²) in [5.41, 5.74) is 5.17. The Labute approximate surface area is 102 Å². The van der Waals surface area contributed by atoms with Crippen LogP contribution in [0.2, 0.25) is 39.3 Å². The lowest BCUT2D eigenvalue weighted by Crippen LogP contribution is -2.51. The van der Waals surface area contributed by atoms with Gasteiger partial charge in [-0.2, -0.15) is 0 Å². The molecule has 16 heavy (non-hydrogen) atoms. The molecule has 2 atom stereocenters. The minimum absolute atomic E-state index is 0.912. The standard InChI is InChI=1S/C14H24Si2/c1-15(2,3)13-11-9-7-8-10-12(11)14(13)16(4,5)6/h7-10,13-14H,1-6H3. The Morgan fingerprint density at radius 2 is 1.00 bits per heavy atom. The lowest BCUT2D eigenvalue weighted by atomic mass is 9.87. The molecule has 0 heterocycles. The van der Waals surface area contributed by atoms with Crippen LogP contribution in [0.15, 0.2) is 24.3 Å². The molecule has 1 aliphatic carbocycles. The topological polar surface area (TPSA) is 0 Å². The van der Waals surface area contributed by atoms with Gasteiger partial charge in [0, 0.05) is 0 Å². The van der Waals surface area contributed by atoms with E-state index < -0.39 is 16.1 Å². The van der Waals surface area contributed by atoms with Crippen LogP contribution in [0.1, 0.15) is 22.2 Å². The van der Waals surface area contributed by atoms with Gasteiger partial charge in [-0.15, -0.1) is 0 Å². The molecule has 2 rings (SSSR count). The molecule has 0 nitrogen and oxygen atoms in total. The van der Waals surface area contributed by atoms with Crippen molar-refractivity contribution < 1.29 is 0 Å². The third-order valence-corrected chi connectivity index (χ3v) is 9.22. The van der Waals surface area contributed by atoms with Crippen LogP contribution in [0, 0.1) is 0 Å². The van der Waals surface area contributed by atoms with Crippen LogP contribution < -0.4 is 0 Å². The highest BCUT2D eigenvalue weighted by molar-refractivity contribution is 6.84. The molecular weight excluding hydrogens is 224 g/mol. The Kier molecular flexibility index (Phi) is 2.71. The van der Waals surface area contributed by atoms with Crippen molar-refractivity contribution >= 4 is 16.1 Å². The molecule has 2 heteroatoms. The van der Waals surface area contributed by atoms with Crippen molar-refractivity contribution in [3.63, 3.8) is 0 Å². The first kappa shape index (κ1) is 12.1. The second kappa shape index (κ2) is 3.57. The summed E-state index contributed by atoms with van der Waals surface area (Å²) in [7, 11) is -2.13. The summed E-state index contributed by atoms with van der Waals surface area (Å²) in [4.78, 5) is 0. The van der Waals surface area contributed by atoms with E-state index in [2.05, 4.69) is 63.5 Å². The van der Waals surface area contributed by atoms with Gasteiger partial charge in [0.1, 0.15) is 0 Å². The fourth-order valence-corrected chi connectivity index (χ4v) is 11.0. The van der Waals surface area contributed by atoms with Crippen molar-refractivity contribution in [3.8, 4) is 0 Å². The maximum absolute atomic E-state index is 2.53. The summed E-state index contributed by atoms with van der Waals surface area (Å²) in [5.74, 6) is 0. The first-order valence-corrected chi connectivity index (χ1v) is 13.5. The molecule has 1 aromatic rings. The fourth-order valence-electron chi connectivity index (χ4n) is 3.27. The Bertz CT molecular complexity index is 357. The summed E-state index contributed by atoms with van der Waals surface area (Å²) in [6.07, 6.45) is 0. The largest absolute Gasteiger partial charge is 0.0691 e. The van der Waals surface area contributed by atoms with E-state index in [1.807, 2.05) is 0 Å². The van der Waals surface area contributed by atoms with Gasteiger partial charge in [0.05, 0.1) is 16.1 Å². The maximum Gasteiger partial charge on any atom is 0.0525 e. The second-order valence-corrected chi connectivity index (χ2v) is 18.0. The van der Waals surface area contributed by atoms with Gasteiger partial charge in [0.25, 0.3) is 0 Å². The number of rotatable bonds is 2. The Morgan fingerprint density at radius 1 is 0.688 bits per heavy atom. The molecule has 0 amide bonds. The third-order valence-electron chi connectivity index (χ3n) is 3.87. The maximum atomic E-state index is 2.53. The lowest BCUT2D eigenvalue weighted by molar-refractivity contribution is 0.709. The second-order valence-electron chi connectivity index (χ2n) is 7.32. The van der Waals surface area contributed by atoms with Crippen molar-refractivity contribution in [2.45, 2.75) is 50.4 Å². The molecule has 0 N–H and O–H groups in total. The average molecular weight is 249 g/mol. The molecule has 0 radical (unpaired) electrons. The van der Waals surface area contributed by atoms with Gasteiger partial charge in [-0.3, -0.25) is 0 Å². The molecule has 0 bridgehead atoms. The predicted molar refractivity (Wildman–Crippen MR) is 78.6 cm³/mol.